The van der Waals surface area contributed by atoms with Crippen LogP contribution in [0.25, 0.3) is 0 Å². The number of amides is 1. The van der Waals surface area contributed by atoms with Gasteiger partial charge >= 0.3 is 0 Å². The van der Waals surface area contributed by atoms with Crippen molar-refractivity contribution in [3.8, 4) is 5.75 Å². The Labute approximate surface area is 201 Å². The second kappa shape index (κ2) is 10.4. The Morgan fingerprint density at radius 2 is 2.06 bits per heavy atom. The molecule has 2 heterocycles. The standard InChI is InChI=1S/C25H23ClFN5O2/c1-16(34-23-7-4-10-28-24(23)31-20-14-30-32(2)15-20)18-5-3-6-19(12-18)25(33)29-13-17-8-9-22(27)21(26)11-17/h3-12,14-16H,13H2,1-2H3,(H,28,31)(H,29,33). The van der Waals surface area contributed by atoms with Gasteiger partial charge < -0.3 is 15.4 Å². The average Bonchev–Trinajstić information content (AvgIpc) is 3.25. The Balaban J connectivity index is 1.43. The summed E-state index contributed by atoms with van der Waals surface area (Å²) in [6, 6.07) is 15.2. The Morgan fingerprint density at radius 1 is 1.21 bits per heavy atom. The first-order valence-electron chi connectivity index (χ1n) is 10.6. The van der Waals surface area contributed by atoms with E-state index in [1.807, 2.05) is 32.3 Å². The summed E-state index contributed by atoms with van der Waals surface area (Å²) in [6.07, 6.45) is 4.87. The van der Waals surface area contributed by atoms with Gasteiger partial charge in [-0.15, -0.1) is 0 Å². The van der Waals surface area contributed by atoms with E-state index in [0.717, 1.165) is 11.3 Å². The van der Waals surface area contributed by atoms with Crippen molar-refractivity contribution in [3.05, 3.63) is 101 Å². The molecule has 0 radical (unpaired) electrons. The topological polar surface area (TPSA) is 81.1 Å². The van der Waals surface area contributed by atoms with Crippen LogP contribution in [0.15, 0.2) is 73.2 Å². The number of aromatic nitrogens is 3. The van der Waals surface area contributed by atoms with E-state index in [0.29, 0.717) is 22.7 Å². The lowest BCUT2D eigenvalue weighted by Crippen LogP contribution is -2.23. The molecule has 0 aliphatic rings. The molecule has 4 rings (SSSR count). The first-order chi connectivity index (χ1) is 16.4. The molecule has 0 aliphatic heterocycles. The molecular weight excluding hydrogens is 457 g/mol. The van der Waals surface area contributed by atoms with Gasteiger partial charge in [-0.2, -0.15) is 5.10 Å². The summed E-state index contributed by atoms with van der Waals surface area (Å²) in [7, 11) is 1.83. The van der Waals surface area contributed by atoms with Crippen LogP contribution < -0.4 is 15.4 Å². The van der Waals surface area contributed by atoms with E-state index in [-0.39, 0.29) is 23.6 Å². The number of benzene rings is 2. The van der Waals surface area contributed by atoms with Gasteiger partial charge in [0.05, 0.1) is 16.9 Å². The number of halogens is 2. The van der Waals surface area contributed by atoms with Gasteiger partial charge in [0.1, 0.15) is 11.9 Å². The summed E-state index contributed by atoms with van der Waals surface area (Å²) in [5.41, 5.74) is 2.81. The number of ether oxygens (including phenoxy) is 1. The molecule has 0 saturated carbocycles. The predicted molar refractivity (Wildman–Crippen MR) is 129 cm³/mol. The summed E-state index contributed by atoms with van der Waals surface area (Å²) in [5, 5.41) is 10.2. The largest absolute Gasteiger partial charge is 0.482 e. The maximum atomic E-state index is 13.3. The molecule has 174 valence electrons. The van der Waals surface area contributed by atoms with Gasteiger partial charge in [0.25, 0.3) is 5.91 Å². The molecule has 0 aliphatic carbocycles. The van der Waals surface area contributed by atoms with E-state index in [1.165, 1.54) is 12.1 Å². The minimum absolute atomic E-state index is 0.0208. The van der Waals surface area contributed by atoms with Gasteiger partial charge in [-0.25, -0.2) is 9.37 Å². The molecular formula is C25H23ClFN5O2. The van der Waals surface area contributed by atoms with Crippen molar-refractivity contribution in [2.24, 2.45) is 7.05 Å². The smallest absolute Gasteiger partial charge is 0.251 e. The van der Waals surface area contributed by atoms with Crippen LogP contribution in [0.1, 0.15) is 34.5 Å². The van der Waals surface area contributed by atoms with Crippen LogP contribution in [0.5, 0.6) is 5.75 Å². The van der Waals surface area contributed by atoms with Crippen LogP contribution in [-0.4, -0.2) is 20.7 Å². The normalized spacial score (nSPS) is 11.6. The number of nitrogens with zero attached hydrogens (tertiary/aromatic N) is 3. The van der Waals surface area contributed by atoms with Gasteiger partial charge in [0.15, 0.2) is 11.6 Å². The number of carbonyl (C=O) groups is 1. The van der Waals surface area contributed by atoms with Crippen molar-refractivity contribution in [1.82, 2.24) is 20.1 Å². The minimum atomic E-state index is -0.495. The summed E-state index contributed by atoms with van der Waals surface area (Å²) < 4.78 is 21.2. The third-order valence-electron chi connectivity index (χ3n) is 5.10. The highest BCUT2D eigenvalue weighted by molar-refractivity contribution is 6.30. The number of carbonyl (C=O) groups excluding carboxylic acids is 1. The summed E-state index contributed by atoms with van der Waals surface area (Å²) in [4.78, 5) is 17.0. The SMILES string of the molecule is CC(Oc1cccnc1Nc1cnn(C)c1)c1cccc(C(=O)NCc2ccc(F)c(Cl)c2)c1. The van der Waals surface area contributed by atoms with Crippen LogP contribution in [0.2, 0.25) is 5.02 Å². The van der Waals surface area contributed by atoms with E-state index in [2.05, 4.69) is 20.7 Å². The van der Waals surface area contributed by atoms with Gasteiger partial charge in [0, 0.05) is 31.5 Å². The molecule has 1 unspecified atom stereocenters. The summed E-state index contributed by atoms with van der Waals surface area (Å²) in [6.45, 7) is 2.13. The number of hydrogen-bond donors (Lipinski definition) is 2. The molecule has 0 saturated heterocycles. The second-order valence-corrected chi connectivity index (χ2v) is 8.10. The number of hydrogen-bond acceptors (Lipinski definition) is 5. The molecule has 34 heavy (non-hydrogen) atoms. The van der Waals surface area contributed by atoms with Gasteiger partial charge in [-0.1, -0.05) is 29.8 Å². The minimum Gasteiger partial charge on any atom is -0.482 e. The number of rotatable bonds is 8. The quantitative estimate of drug-likeness (QED) is 0.352. The van der Waals surface area contributed by atoms with Crippen LogP contribution in [-0.2, 0) is 13.6 Å². The zero-order valence-electron chi connectivity index (χ0n) is 18.6. The lowest BCUT2D eigenvalue weighted by Gasteiger charge is -2.18. The van der Waals surface area contributed by atoms with Gasteiger partial charge in [-0.05, 0) is 54.4 Å². The van der Waals surface area contributed by atoms with Crippen molar-refractivity contribution in [3.63, 3.8) is 0 Å². The zero-order valence-corrected chi connectivity index (χ0v) is 19.4. The fourth-order valence-corrected chi connectivity index (χ4v) is 3.53. The third-order valence-corrected chi connectivity index (χ3v) is 5.39. The van der Waals surface area contributed by atoms with Crippen molar-refractivity contribution < 1.29 is 13.9 Å². The number of nitrogens with one attached hydrogen (secondary N) is 2. The van der Waals surface area contributed by atoms with E-state index in [4.69, 9.17) is 16.3 Å². The highest BCUT2D eigenvalue weighted by atomic mass is 35.5. The molecule has 0 spiro atoms. The summed E-state index contributed by atoms with van der Waals surface area (Å²) in [5.74, 6) is 0.386. The third kappa shape index (κ3) is 5.71. The maximum Gasteiger partial charge on any atom is 0.251 e. The van der Waals surface area contributed by atoms with Crippen molar-refractivity contribution in [2.75, 3.05) is 5.32 Å². The molecule has 1 amide bonds. The maximum absolute atomic E-state index is 13.3. The van der Waals surface area contributed by atoms with Crippen LogP contribution in [0, 0.1) is 5.82 Å². The lowest BCUT2D eigenvalue weighted by molar-refractivity contribution is 0.0950. The highest BCUT2D eigenvalue weighted by Gasteiger charge is 2.14. The predicted octanol–water partition coefficient (Wildman–Crippen LogP) is 5.42. The molecule has 0 fully saturated rings. The van der Waals surface area contributed by atoms with Gasteiger partial charge in [0.2, 0.25) is 0 Å². The van der Waals surface area contributed by atoms with Gasteiger partial charge in [-0.3, -0.25) is 9.48 Å². The molecule has 0 bridgehead atoms. The number of pyridine rings is 1. The van der Waals surface area contributed by atoms with Crippen molar-refractivity contribution in [2.45, 2.75) is 19.6 Å². The first-order valence-corrected chi connectivity index (χ1v) is 11.0. The molecule has 2 aromatic heterocycles. The average molecular weight is 480 g/mol. The van der Waals surface area contributed by atoms with Crippen molar-refractivity contribution in [1.29, 1.82) is 0 Å². The molecule has 9 heteroatoms. The van der Waals surface area contributed by atoms with E-state index >= 15 is 0 Å². The van der Waals surface area contributed by atoms with Crippen LogP contribution in [0.3, 0.4) is 0 Å². The van der Waals surface area contributed by atoms with E-state index < -0.39 is 5.82 Å². The Hall–Kier alpha value is -3.91. The molecule has 2 aromatic carbocycles. The zero-order chi connectivity index (χ0) is 24.1. The second-order valence-electron chi connectivity index (χ2n) is 7.69. The van der Waals surface area contributed by atoms with Crippen molar-refractivity contribution >= 4 is 29.0 Å². The molecule has 4 aromatic rings. The Morgan fingerprint density at radius 3 is 2.82 bits per heavy atom. The lowest BCUT2D eigenvalue weighted by atomic mass is 10.1. The monoisotopic (exact) mass is 479 g/mol. The molecule has 7 nitrogen and oxygen atoms in total. The molecule has 1 atom stereocenters. The fraction of sp³-hybridized carbons (Fsp3) is 0.160. The van der Waals surface area contributed by atoms with E-state index in [1.54, 1.807) is 47.4 Å². The van der Waals surface area contributed by atoms with Crippen LogP contribution in [0.4, 0.5) is 15.9 Å². The number of aryl methyl sites for hydroxylation is 1. The first kappa shape index (κ1) is 23.3. The summed E-state index contributed by atoms with van der Waals surface area (Å²) >= 11 is 5.81. The highest BCUT2D eigenvalue weighted by Crippen LogP contribution is 2.29. The van der Waals surface area contributed by atoms with E-state index in [9.17, 15) is 9.18 Å². The Kier molecular flexibility index (Phi) is 7.08. The Bertz CT molecular complexity index is 1310. The molecule has 2 N–H and O–H groups in total. The van der Waals surface area contributed by atoms with Crippen LogP contribution >= 0.6 is 11.6 Å². The number of anilines is 2. The fourth-order valence-electron chi connectivity index (χ4n) is 3.33.